The Balaban J connectivity index is 2.89. The highest BCUT2D eigenvalue weighted by Gasteiger charge is 2.41. The molecular weight excluding hydrogens is 208 g/mol. The fourth-order valence-corrected chi connectivity index (χ4v) is 3.10. The standard InChI is InChI=1S/C16H28O/c1-6-10-13(3)16(5,14(4)17-7-2)15-11-8-9-12-15/h15H,3-4,6-12H2,1-2,5H3. The Morgan fingerprint density at radius 3 is 2.29 bits per heavy atom. The normalized spacial score (nSPS) is 19.9. The lowest BCUT2D eigenvalue weighted by molar-refractivity contribution is 0.124. The van der Waals surface area contributed by atoms with Crippen LogP contribution in [0.1, 0.15) is 59.3 Å². The lowest BCUT2D eigenvalue weighted by atomic mass is 9.68. The van der Waals surface area contributed by atoms with Gasteiger partial charge in [-0.2, -0.15) is 0 Å². The predicted octanol–water partition coefficient (Wildman–Crippen LogP) is 5.09. The highest BCUT2D eigenvalue weighted by molar-refractivity contribution is 5.23. The van der Waals surface area contributed by atoms with Crippen molar-refractivity contribution in [3.63, 3.8) is 0 Å². The molecule has 1 saturated carbocycles. The van der Waals surface area contributed by atoms with Crippen LogP contribution in [0.2, 0.25) is 0 Å². The zero-order chi connectivity index (χ0) is 12.9. The summed E-state index contributed by atoms with van der Waals surface area (Å²) in [4.78, 5) is 0. The van der Waals surface area contributed by atoms with Crippen LogP contribution in [0, 0.1) is 11.3 Å². The monoisotopic (exact) mass is 236 g/mol. The van der Waals surface area contributed by atoms with Crippen LogP contribution in [0.3, 0.4) is 0 Å². The lowest BCUT2D eigenvalue weighted by Crippen LogP contribution is -2.31. The quantitative estimate of drug-likeness (QED) is 0.442. The van der Waals surface area contributed by atoms with E-state index in [2.05, 4.69) is 27.0 Å². The first kappa shape index (κ1) is 14.3. The average molecular weight is 236 g/mol. The molecule has 1 atom stereocenters. The summed E-state index contributed by atoms with van der Waals surface area (Å²) in [5.41, 5.74) is 1.30. The van der Waals surface area contributed by atoms with E-state index in [1.807, 2.05) is 6.92 Å². The average Bonchev–Trinajstić information content (AvgIpc) is 2.82. The Morgan fingerprint density at radius 2 is 1.82 bits per heavy atom. The largest absolute Gasteiger partial charge is 0.498 e. The Hall–Kier alpha value is -0.720. The summed E-state index contributed by atoms with van der Waals surface area (Å²) in [6.07, 6.45) is 7.52. The molecule has 1 nitrogen and oxygen atoms in total. The maximum atomic E-state index is 5.73. The molecule has 17 heavy (non-hydrogen) atoms. The van der Waals surface area contributed by atoms with E-state index in [9.17, 15) is 0 Å². The molecule has 1 aliphatic rings. The number of hydrogen-bond donors (Lipinski definition) is 0. The summed E-state index contributed by atoms with van der Waals surface area (Å²) in [7, 11) is 0. The van der Waals surface area contributed by atoms with Crippen molar-refractivity contribution in [1.29, 1.82) is 0 Å². The van der Waals surface area contributed by atoms with Crippen molar-refractivity contribution in [2.24, 2.45) is 11.3 Å². The SMILES string of the molecule is C=C(CCC)C(C)(C(=C)OCC)C1CCCC1. The van der Waals surface area contributed by atoms with Gasteiger partial charge in [0.25, 0.3) is 0 Å². The van der Waals surface area contributed by atoms with Crippen LogP contribution in [0.25, 0.3) is 0 Å². The van der Waals surface area contributed by atoms with E-state index in [1.54, 1.807) is 0 Å². The van der Waals surface area contributed by atoms with E-state index >= 15 is 0 Å². The molecule has 0 N–H and O–H groups in total. The van der Waals surface area contributed by atoms with Crippen LogP contribution in [0.5, 0.6) is 0 Å². The van der Waals surface area contributed by atoms with Crippen molar-refractivity contribution < 1.29 is 4.74 Å². The number of allylic oxidation sites excluding steroid dienone is 1. The molecule has 1 heteroatoms. The Morgan fingerprint density at radius 1 is 1.24 bits per heavy atom. The van der Waals surface area contributed by atoms with Gasteiger partial charge in [-0.15, -0.1) is 0 Å². The molecular formula is C16H28O. The zero-order valence-corrected chi connectivity index (χ0v) is 11.8. The van der Waals surface area contributed by atoms with Gasteiger partial charge in [0.1, 0.15) is 0 Å². The number of hydrogen-bond acceptors (Lipinski definition) is 1. The van der Waals surface area contributed by atoms with E-state index in [-0.39, 0.29) is 5.41 Å². The van der Waals surface area contributed by atoms with Crippen molar-refractivity contribution in [3.05, 3.63) is 24.5 Å². The molecule has 1 aliphatic carbocycles. The summed E-state index contributed by atoms with van der Waals surface area (Å²) in [6.45, 7) is 15.7. The van der Waals surface area contributed by atoms with Gasteiger partial charge in [0, 0.05) is 5.41 Å². The first-order valence-corrected chi connectivity index (χ1v) is 7.07. The summed E-state index contributed by atoms with van der Waals surface area (Å²) >= 11 is 0. The van der Waals surface area contributed by atoms with Crippen molar-refractivity contribution in [2.45, 2.75) is 59.3 Å². The molecule has 0 saturated heterocycles. The van der Waals surface area contributed by atoms with E-state index < -0.39 is 0 Å². The fourth-order valence-electron chi connectivity index (χ4n) is 3.10. The molecule has 0 heterocycles. The highest BCUT2D eigenvalue weighted by atomic mass is 16.5. The molecule has 0 spiro atoms. The van der Waals surface area contributed by atoms with Crippen molar-refractivity contribution >= 4 is 0 Å². The number of rotatable bonds is 7. The molecule has 1 rings (SSSR count). The smallest absolute Gasteiger partial charge is 0.0989 e. The summed E-state index contributed by atoms with van der Waals surface area (Å²) in [6, 6.07) is 0. The minimum absolute atomic E-state index is 0.0114. The third-order valence-corrected chi connectivity index (χ3v) is 4.36. The minimum Gasteiger partial charge on any atom is -0.498 e. The molecule has 0 aliphatic heterocycles. The predicted molar refractivity (Wildman–Crippen MR) is 74.9 cm³/mol. The Bertz CT molecular complexity index is 253. The Labute approximate surface area is 107 Å². The molecule has 0 aromatic rings. The highest BCUT2D eigenvalue weighted by Crippen LogP contribution is 2.49. The first-order chi connectivity index (χ1) is 8.07. The molecule has 1 unspecified atom stereocenters. The minimum atomic E-state index is -0.0114. The molecule has 0 amide bonds. The third-order valence-electron chi connectivity index (χ3n) is 4.36. The van der Waals surface area contributed by atoms with Crippen molar-refractivity contribution in [3.8, 4) is 0 Å². The summed E-state index contributed by atoms with van der Waals surface area (Å²) < 4.78 is 5.73. The summed E-state index contributed by atoms with van der Waals surface area (Å²) in [5, 5.41) is 0. The van der Waals surface area contributed by atoms with Gasteiger partial charge < -0.3 is 4.74 Å². The maximum absolute atomic E-state index is 5.73. The first-order valence-electron chi connectivity index (χ1n) is 7.07. The van der Waals surface area contributed by atoms with E-state index in [0.717, 1.165) is 18.6 Å². The second-order valence-corrected chi connectivity index (χ2v) is 5.39. The van der Waals surface area contributed by atoms with Crippen LogP contribution >= 0.6 is 0 Å². The maximum Gasteiger partial charge on any atom is 0.0989 e. The van der Waals surface area contributed by atoms with E-state index in [0.29, 0.717) is 12.5 Å². The van der Waals surface area contributed by atoms with Crippen LogP contribution in [-0.4, -0.2) is 6.61 Å². The Kier molecular flexibility index (Phi) is 5.30. The van der Waals surface area contributed by atoms with Crippen LogP contribution in [0.15, 0.2) is 24.5 Å². The van der Waals surface area contributed by atoms with Gasteiger partial charge in [0.15, 0.2) is 0 Å². The zero-order valence-electron chi connectivity index (χ0n) is 11.8. The van der Waals surface area contributed by atoms with Crippen LogP contribution in [-0.2, 0) is 4.74 Å². The van der Waals surface area contributed by atoms with Crippen LogP contribution in [0.4, 0.5) is 0 Å². The van der Waals surface area contributed by atoms with Gasteiger partial charge in [0.2, 0.25) is 0 Å². The summed E-state index contributed by atoms with van der Waals surface area (Å²) in [5.74, 6) is 1.62. The van der Waals surface area contributed by atoms with Gasteiger partial charge in [-0.05, 0) is 39.0 Å². The van der Waals surface area contributed by atoms with Gasteiger partial charge in [-0.25, -0.2) is 0 Å². The molecule has 98 valence electrons. The fraction of sp³-hybridized carbons (Fsp3) is 0.750. The lowest BCUT2D eigenvalue weighted by Gasteiger charge is -2.39. The molecule has 1 fully saturated rings. The van der Waals surface area contributed by atoms with Gasteiger partial charge in [-0.3, -0.25) is 0 Å². The third kappa shape index (κ3) is 2.94. The van der Waals surface area contributed by atoms with E-state index in [1.165, 1.54) is 31.3 Å². The second kappa shape index (κ2) is 6.28. The second-order valence-electron chi connectivity index (χ2n) is 5.39. The van der Waals surface area contributed by atoms with E-state index in [4.69, 9.17) is 4.74 Å². The molecule has 0 radical (unpaired) electrons. The number of ether oxygens (including phenoxy) is 1. The molecule has 0 aromatic carbocycles. The van der Waals surface area contributed by atoms with Crippen molar-refractivity contribution in [2.75, 3.05) is 6.61 Å². The van der Waals surface area contributed by atoms with Gasteiger partial charge in [0.05, 0.1) is 12.4 Å². The van der Waals surface area contributed by atoms with Gasteiger partial charge >= 0.3 is 0 Å². The van der Waals surface area contributed by atoms with Crippen LogP contribution < -0.4 is 0 Å². The molecule has 0 aromatic heterocycles. The topological polar surface area (TPSA) is 9.23 Å². The van der Waals surface area contributed by atoms with Crippen molar-refractivity contribution in [1.82, 2.24) is 0 Å². The van der Waals surface area contributed by atoms with Gasteiger partial charge in [-0.1, -0.05) is 44.9 Å². The molecule has 0 bridgehead atoms.